The summed E-state index contributed by atoms with van der Waals surface area (Å²) in [7, 11) is 0. The lowest BCUT2D eigenvalue weighted by Gasteiger charge is -2.18. The maximum Gasteiger partial charge on any atom is 0.282 e. The minimum absolute atomic E-state index is 0.0369. The summed E-state index contributed by atoms with van der Waals surface area (Å²) in [6.07, 6.45) is 0.0369. The molecule has 5 nitrogen and oxygen atoms in total. The first kappa shape index (κ1) is 22.4. The van der Waals surface area contributed by atoms with Crippen molar-refractivity contribution in [2.45, 2.75) is 26.9 Å². The number of para-hydroxylation sites is 1. The number of amides is 2. The number of anilines is 2. The van der Waals surface area contributed by atoms with Crippen molar-refractivity contribution in [3.63, 3.8) is 0 Å². The Balaban J connectivity index is 1.63. The maximum absolute atomic E-state index is 13.8. The Hall–Kier alpha value is -4.38. The molecule has 1 heterocycles. The highest BCUT2D eigenvalue weighted by Gasteiger charge is 2.40. The number of fused-ring (bicyclic) bond motifs is 1. The van der Waals surface area contributed by atoms with Crippen molar-refractivity contribution in [3.8, 4) is 5.75 Å². The molecule has 0 bridgehead atoms. The van der Waals surface area contributed by atoms with Gasteiger partial charge in [-0.25, -0.2) is 4.90 Å². The fourth-order valence-corrected chi connectivity index (χ4v) is 4.39. The van der Waals surface area contributed by atoms with Crippen molar-refractivity contribution < 1.29 is 14.3 Å². The highest BCUT2D eigenvalue weighted by Crippen LogP contribution is 2.36. The van der Waals surface area contributed by atoms with Gasteiger partial charge in [-0.2, -0.15) is 0 Å². The number of hydrogen-bond acceptors (Lipinski definition) is 4. The van der Waals surface area contributed by atoms with Crippen LogP contribution in [0.5, 0.6) is 5.75 Å². The van der Waals surface area contributed by atoms with Crippen molar-refractivity contribution in [2.75, 3.05) is 10.2 Å². The fraction of sp³-hybridized carbons (Fsp3) is 0.133. The zero-order chi connectivity index (χ0) is 24.5. The molecule has 0 aromatic heterocycles. The number of benzene rings is 4. The molecule has 35 heavy (non-hydrogen) atoms. The summed E-state index contributed by atoms with van der Waals surface area (Å²) in [5.41, 5.74) is 3.44. The van der Waals surface area contributed by atoms with Gasteiger partial charge in [-0.3, -0.25) is 9.59 Å². The third kappa shape index (κ3) is 4.17. The van der Waals surface area contributed by atoms with Crippen LogP contribution < -0.4 is 15.0 Å². The molecular formula is C30H26N2O3. The van der Waals surface area contributed by atoms with Gasteiger partial charge in [0.2, 0.25) is 0 Å². The lowest BCUT2D eigenvalue weighted by atomic mass is 10.0. The second-order valence-electron chi connectivity index (χ2n) is 8.82. The van der Waals surface area contributed by atoms with Gasteiger partial charge in [0.15, 0.2) is 0 Å². The van der Waals surface area contributed by atoms with Crippen LogP contribution in [0.4, 0.5) is 11.4 Å². The molecule has 0 unspecified atom stereocenters. The molecule has 4 aromatic carbocycles. The van der Waals surface area contributed by atoms with Gasteiger partial charge in [0.25, 0.3) is 11.8 Å². The number of carbonyl (C=O) groups is 2. The van der Waals surface area contributed by atoms with Crippen LogP contribution >= 0.6 is 0 Å². The summed E-state index contributed by atoms with van der Waals surface area (Å²) in [5.74, 6) is -0.0280. The number of hydrogen-bond donors (Lipinski definition) is 1. The average Bonchev–Trinajstić information content (AvgIpc) is 3.09. The van der Waals surface area contributed by atoms with E-state index in [1.807, 2.05) is 106 Å². The third-order valence-corrected chi connectivity index (χ3v) is 6.00. The molecular weight excluding hydrogens is 436 g/mol. The molecule has 0 atom stereocenters. The van der Waals surface area contributed by atoms with Gasteiger partial charge in [-0.15, -0.1) is 0 Å². The van der Waals surface area contributed by atoms with Gasteiger partial charge in [-0.1, -0.05) is 66.7 Å². The van der Waals surface area contributed by atoms with Crippen LogP contribution in [0.15, 0.2) is 96.7 Å². The Labute approximate surface area is 204 Å². The maximum atomic E-state index is 13.8. The van der Waals surface area contributed by atoms with E-state index in [-0.39, 0.29) is 23.6 Å². The minimum atomic E-state index is -0.380. The zero-order valence-electron chi connectivity index (χ0n) is 19.9. The van der Waals surface area contributed by atoms with Gasteiger partial charge in [0.1, 0.15) is 11.4 Å². The molecule has 0 saturated heterocycles. The number of carbonyl (C=O) groups excluding carboxylic acids is 2. The molecule has 0 saturated carbocycles. The van der Waals surface area contributed by atoms with Crippen molar-refractivity contribution >= 4 is 39.5 Å². The number of ether oxygens (including phenoxy) is 1. The first-order valence-corrected chi connectivity index (χ1v) is 11.6. The second-order valence-corrected chi connectivity index (χ2v) is 8.82. The van der Waals surface area contributed by atoms with E-state index < -0.39 is 0 Å². The lowest BCUT2D eigenvalue weighted by molar-refractivity contribution is -0.120. The van der Waals surface area contributed by atoms with E-state index >= 15 is 0 Å². The summed E-state index contributed by atoms with van der Waals surface area (Å²) in [6, 6.07) is 28.5. The standard InChI is InChI=1S/C30H26N2O3/c1-19(2)35-23-17-15-22(16-18-23)27-28(31-25-13-8-11-21-10-5-6-12-24(21)25)30(34)32(29(27)33)26-14-7-4-9-20(26)3/h4-19,31H,1-3H3. The van der Waals surface area contributed by atoms with Gasteiger partial charge >= 0.3 is 0 Å². The van der Waals surface area contributed by atoms with E-state index in [9.17, 15) is 9.59 Å². The van der Waals surface area contributed by atoms with E-state index in [0.29, 0.717) is 22.6 Å². The van der Waals surface area contributed by atoms with Crippen LogP contribution in [0, 0.1) is 6.92 Å². The topological polar surface area (TPSA) is 58.6 Å². The van der Waals surface area contributed by atoms with Gasteiger partial charge in [0.05, 0.1) is 17.4 Å². The predicted octanol–water partition coefficient (Wildman–Crippen LogP) is 6.33. The van der Waals surface area contributed by atoms with E-state index in [1.165, 1.54) is 4.90 Å². The van der Waals surface area contributed by atoms with Crippen LogP contribution in [0.1, 0.15) is 25.0 Å². The van der Waals surface area contributed by atoms with E-state index in [2.05, 4.69) is 5.32 Å². The number of aryl methyl sites for hydroxylation is 1. The molecule has 0 radical (unpaired) electrons. The quantitative estimate of drug-likeness (QED) is 0.340. The average molecular weight is 463 g/mol. The number of nitrogens with zero attached hydrogens (tertiary/aromatic N) is 1. The van der Waals surface area contributed by atoms with E-state index in [1.54, 1.807) is 6.07 Å². The molecule has 2 amide bonds. The molecule has 1 N–H and O–H groups in total. The Morgan fingerprint density at radius 2 is 1.46 bits per heavy atom. The van der Waals surface area contributed by atoms with Gasteiger partial charge in [-0.05, 0) is 61.5 Å². The lowest BCUT2D eigenvalue weighted by Crippen LogP contribution is -2.33. The first-order valence-electron chi connectivity index (χ1n) is 11.6. The largest absolute Gasteiger partial charge is 0.491 e. The second kappa shape index (κ2) is 9.11. The first-order chi connectivity index (χ1) is 16.9. The van der Waals surface area contributed by atoms with Crippen LogP contribution in [-0.2, 0) is 9.59 Å². The van der Waals surface area contributed by atoms with Crippen molar-refractivity contribution in [3.05, 3.63) is 108 Å². The molecule has 1 aliphatic heterocycles. The van der Waals surface area contributed by atoms with Crippen molar-refractivity contribution in [1.82, 2.24) is 0 Å². The molecule has 5 rings (SSSR count). The smallest absolute Gasteiger partial charge is 0.282 e. The summed E-state index contributed by atoms with van der Waals surface area (Å²) in [6.45, 7) is 5.81. The Kier molecular flexibility index (Phi) is 5.83. The van der Waals surface area contributed by atoms with E-state index in [0.717, 1.165) is 22.0 Å². The summed E-state index contributed by atoms with van der Waals surface area (Å²) in [5, 5.41) is 5.33. The van der Waals surface area contributed by atoms with Crippen LogP contribution in [0.3, 0.4) is 0 Å². The normalized spacial score (nSPS) is 13.8. The summed E-state index contributed by atoms with van der Waals surface area (Å²) >= 11 is 0. The molecule has 0 spiro atoms. The van der Waals surface area contributed by atoms with Gasteiger partial charge < -0.3 is 10.1 Å². The monoisotopic (exact) mass is 462 g/mol. The number of rotatable bonds is 6. The Bertz CT molecular complexity index is 1460. The zero-order valence-corrected chi connectivity index (χ0v) is 19.9. The molecule has 4 aromatic rings. The highest BCUT2D eigenvalue weighted by atomic mass is 16.5. The molecule has 0 aliphatic carbocycles. The fourth-order valence-electron chi connectivity index (χ4n) is 4.39. The minimum Gasteiger partial charge on any atom is -0.491 e. The Morgan fingerprint density at radius 1 is 0.771 bits per heavy atom. The van der Waals surface area contributed by atoms with Crippen molar-refractivity contribution in [2.24, 2.45) is 0 Å². The molecule has 174 valence electrons. The number of imide groups is 1. The summed E-state index contributed by atoms with van der Waals surface area (Å²) in [4.78, 5) is 28.8. The highest BCUT2D eigenvalue weighted by molar-refractivity contribution is 6.46. The van der Waals surface area contributed by atoms with Crippen molar-refractivity contribution in [1.29, 1.82) is 0 Å². The van der Waals surface area contributed by atoms with E-state index in [4.69, 9.17) is 4.74 Å². The van der Waals surface area contributed by atoms with Crippen LogP contribution in [-0.4, -0.2) is 17.9 Å². The predicted molar refractivity (Wildman–Crippen MR) is 140 cm³/mol. The van der Waals surface area contributed by atoms with Crippen LogP contribution in [0.2, 0.25) is 0 Å². The molecule has 0 fully saturated rings. The summed E-state index contributed by atoms with van der Waals surface area (Å²) < 4.78 is 5.76. The van der Waals surface area contributed by atoms with Gasteiger partial charge in [0, 0.05) is 11.1 Å². The molecule has 1 aliphatic rings. The molecule has 5 heteroatoms. The van der Waals surface area contributed by atoms with Crippen LogP contribution in [0.25, 0.3) is 16.3 Å². The SMILES string of the molecule is Cc1ccccc1N1C(=O)C(Nc2cccc3ccccc23)=C(c2ccc(OC(C)C)cc2)C1=O. The third-order valence-electron chi connectivity index (χ3n) is 6.00. The Morgan fingerprint density at radius 3 is 2.20 bits per heavy atom. The number of nitrogens with one attached hydrogen (secondary N) is 1.